The average molecular weight is 223 g/mol. The molecule has 1 fully saturated rings. The molecule has 0 spiro atoms. The Morgan fingerprint density at radius 2 is 2.06 bits per heavy atom. The minimum atomic E-state index is -0.256. The van der Waals surface area contributed by atoms with E-state index in [0.717, 1.165) is 12.2 Å². The van der Waals surface area contributed by atoms with E-state index in [9.17, 15) is 4.39 Å². The Hall–Kier alpha value is -1.09. The first-order valence-corrected chi connectivity index (χ1v) is 5.87. The number of ether oxygens (including phenoxy) is 1. The molecule has 88 valence electrons. The molecule has 0 saturated heterocycles. The Morgan fingerprint density at radius 3 is 2.81 bits per heavy atom. The van der Waals surface area contributed by atoms with Gasteiger partial charge in [0.1, 0.15) is 5.82 Å². The second kappa shape index (κ2) is 5.30. The van der Waals surface area contributed by atoms with Crippen LogP contribution in [0.1, 0.15) is 31.2 Å². The van der Waals surface area contributed by atoms with Crippen LogP contribution in [0.4, 0.5) is 10.1 Å². The van der Waals surface area contributed by atoms with Crippen molar-refractivity contribution >= 4 is 5.69 Å². The second-order valence-electron chi connectivity index (χ2n) is 4.51. The Morgan fingerprint density at radius 1 is 1.31 bits per heavy atom. The van der Waals surface area contributed by atoms with Gasteiger partial charge < -0.3 is 10.5 Å². The monoisotopic (exact) mass is 223 g/mol. The molecular formula is C13H18FNO. The number of nitrogens with two attached hydrogens (primary N) is 1. The summed E-state index contributed by atoms with van der Waals surface area (Å²) in [4.78, 5) is 0. The van der Waals surface area contributed by atoms with Gasteiger partial charge in [-0.3, -0.25) is 0 Å². The van der Waals surface area contributed by atoms with Gasteiger partial charge in [-0.25, -0.2) is 4.39 Å². The molecule has 0 bridgehead atoms. The third-order valence-electron chi connectivity index (χ3n) is 3.19. The molecule has 1 aromatic rings. The molecule has 0 aromatic heterocycles. The highest BCUT2D eigenvalue weighted by Gasteiger charge is 2.14. The molecule has 2 rings (SSSR count). The van der Waals surface area contributed by atoms with Crippen LogP contribution in [-0.4, -0.2) is 6.61 Å². The maximum atomic E-state index is 13.0. The van der Waals surface area contributed by atoms with Crippen LogP contribution in [0.15, 0.2) is 18.2 Å². The molecule has 1 aliphatic carbocycles. The molecule has 0 aliphatic heterocycles. The van der Waals surface area contributed by atoms with E-state index in [1.54, 1.807) is 6.07 Å². The standard InChI is InChI=1S/C13H18FNO/c14-12-5-6-13(15)11(7-12)9-16-8-10-3-1-2-4-10/h5-7,10H,1-4,8-9,15H2. The van der Waals surface area contributed by atoms with Gasteiger partial charge in [0.05, 0.1) is 6.61 Å². The van der Waals surface area contributed by atoms with Gasteiger partial charge in [0.15, 0.2) is 0 Å². The molecule has 1 aliphatic rings. The maximum Gasteiger partial charge on any atom is 0.123 e. The van der Waals surface area contributed by atoms with Crippen molar-refractivity contribution < 1.29 is 9.13 Å². The third kappa shape index (κ3) is 2.95. The van der Waals surface area contributed by atoms with E-state index in [1.807, 2.05) is 0 Å². The van der Waals surface area contributed by atoms with E-state index in [0.29, 0.717) is 18.2 Å². The van der Waals surface area contributed by atoms with Crippen LogP contribution in [0.5, 0.6) is 0 Å². The Kier molecular flexibility index (Phi) is 3.78. The summed E-state index contributed by atoms with van der Waals surface area (Å²) in [6.07, 6.45) is 5.16. The molecule has 0 unspecified atom stereocenters. The molecule has 2 nitrogen and oxygen atoms in total. The van der Waals surface area contributed by atoms with E-state index < -0.39 is 0 Å². The summed E-state index contributed by atoms with van der Waals surface area (Å²) in [5.41, 5.74) is 7.09. The molecule has 0 amide bonds. The summed E-state index contributed by atoms with van der Waals surface area (Å²) < 4.78 is 18.6. The predicted octanol–water partition coefficient (Wildman–Crippen LogP) is 3.11. The van der Waals surface area contributed by atoms with Crippen LogP contribution < -0.4 is 5.73 Å². The maximum absolute atomic E-state index is 13.0. The van der Waals surface area contributed by atoms with E-state index in [-0.39, 0.29) is 5.82 Å². The Labute approximate surface area is 95.6 Å². The van der Waals surface area contributed by atoms with E-state index in [1.165, 1.54) is 37.8 Å². The van der Waals surface area contributed by atoms with Crippen molar-refractivity contribution in [2.45, 2.75) is 32.3 Å². The van der Waals surface area contributed by atoms with Crippen molar-refractivity contribution in [2.24, 2.45) is 5.92 Å². The first kappa shape index (κ1) is 11.4. The second-order valence-corrected chi connectivity index (χ2v) is 4.51. The minimum Gasteiger partial charge on any atom is -0.398 e. The minimum absolute atomic E-state index is 0.256. The molecule has 0 heterocycles. The van der Waals surface area contributed by atoms with E-state index in [2.05, 4.69) is 0 Å². The molecular weight excluding hydrogens is 205 g/mol. The van der Waals surface area contributed by atoms with Crippen molar-refractivity contribution in [1.82, 2.24) is 0 Å². The fourth-order valence-electron chi connectivity index (χ4n) is 2.21. The smallest absolute Gasteiger partial charge is 0.123 e. The lowest BCUT2D eigenvalue weighted by molar-refractivity contribution is 0.0891. The number of hydrogen-bond acceptors (Lipinski definition) is 2. The summed E-state index contributed by atoms with van der Waals surface area (Å²) in [5, 5.41) is 0. The number of halogens is 1. The zero-order valence-corrected chi connectivity index (χ0v) is 9.42. The van der Waals surface area contributed by atoms with Crippen molar-refractivity contribution in [3.8, 4) is 0 Å². The van der Waals surface area contributed by atoms with E-state index >= 15 is 0 Å². The molecule has 16 heavy (non-hydrogen) atoms. The zero-order chi connectivity index (χ0) is 11.4. The Bertz CT molecular complexity index is 348. The summed E-state index contributed by atoms with van der Waals surface area (Å²) in [6, 6.07) is 4.41. The van der Waals surface area contributed by atoms with Crippen LogP contribution in [0, 0.1) is 11.7 Å². The van der Waals surface area contributed by atoms with Crippen molar-refractivity contribution in [3.05, 3.63) is 29.6 Å². The number of nitrogen functional groups attached to an aromatic ring is 1. The van der Waals surface area contributed by atoms with Gasteiger partial charge in [0.2, 0.25) is 0 Å². The molecule has 1 aromatic carbocycles. The lowest BCUT2D eigenvalue weighted by Crippen LogP contribution is -2.06. The lowest BCUT2D eigenvalue weighted by atomic mass is 10.1. The number of benzene rings is 1. The van der Waals surface area contributed by atoms with Crippen LogP contribution >= 0.6 is 0 Å². The topological polar surface area (TPSA) is 35.2 Å². The van der Waals surface area contributed by atoms with Crippen molar-refractivity contribution in [1.29, 1.82) is 0 Å². The zero-order valence-electron chi connectivity index (χ0n) is 9.42. The van der Waals surface area contributed by atoms with Crippen LogP contribution in [0.3, 0.4) is 0 Å². The van der Waals surface area contributed by atoms with Gasteiger partial charge in [-0.1, -0.05) is 12.8 Å². The number of anilines is 1. The van der Waals surface area contributed by atoms with Gasteiger partial charge in [0.25, 0.3) is 0 Å². The van der Waals surface area contributed by atoms with Gasteiger partial charge in [0, 0.05) is 17.9 Å². The highest BCUT2D eigenvalue weighted by atomic mass is 19.1. The first-order chi connectivity index (χ1) is 7.75. The molecule has 0 atom stereocenters. The van der Waals surface area contributed by atoms with Crippen LogP contribution in [0.2, 0.25) is 0 Å². The van der Waals surface area contributed by atoms with Crippen molar-refractivity contribution in [2.75, 3.05) is 12.3 Å². The lowest BCUT2D eigenvalue weighted by Gasteiger charge is -2.11. The molecule has 2 N–H and O–H groups in total. The van der Waals surface area contributed by atoms with E-state index in [4.69, 9.17) is 10.5 Å². The number of hydrogen-bond donors (Lipinski definition) is 1. The van der Waals surface area contributed by atoms with Gasteiger partial charge in [-0.2, -0.15) is 0 Å². The third-order valence-corrected chi connectivity index (χ3v) is 3.19. The molecule has 1 saturated carbocycles. The van der Waals surface area contributed by atoms with Gasteiger partial charge >= 0.3 is 0 Å². The first-order valence-electron chi connectivity index (χ1n) is 5.87. The highest BCUT2D eigenvalue weighted by Crippen LogP contribution is 2.25. The summed E-state index contributed by atoms with van der Waals surface area (Å²) in [5.74, 6) is 0.434. The Balaban J connectivity index is 1.82. The largest absolute Gasteiger partial charge is 0.398 e. The number of rotatable bonds is 4. The quantitative estimate of drug-likeness (QED) is 0.796. The summed E-state index contributed by atoms with van der Waals surface area (Å²) in [6.45, 7) is 1.19. The predicted molar refractivity (Wildman–Crippen MR) is 62.4 cm³/mol. The highest BCUT2D eigenvalue weighted by molar-refractivity contribution is 5.46. The summed E-state index contributed by atoms with van der Waals surface area (Å²) >= 11 is 0. The van der Waals surface area contributed by atoms with Crippen LogP contribution in [-0.2, 0) is 11.3 Å². The normalized spacial score (nSPS) is 16.8. The fraction of sp³-hybridized carbons (Fsp3) is 0.538. The van der Waals surface area contributed by atoms with Gasteiger partial charge in [-0.05, 0) is 37.0 Å². The molecule has 3 heteroatoms. The fourth-order valence-corrected chi connectivity index (χ4v) is 2.21. The van der Waals surface area contributed by atoms with Crippen molar-refractivity contribution in [3.63, 3.8) is 0 Å². The average Bonchev–Trinajstić information content (AvgIpc) is 2.76. The summed E-state index contributed by atoms with van der Waals surface area (Å²) in [7, 11) is 0. The van der Waals surface area contributed by atoms with Crippen LogP contribution in [0.25, 0.3) is 0 Å². The SMILES string of the molecule is Nc1ccc(F)cc1COCC1CCCC1. The van der Waals surface area contributed by atoms with Gasteiger partial charge in [-0.15, -0.1) is 0 Å². The molecule has 0 radical (unpaired) electrons.